The number of halogens is 1. The highest BCUT2D eigenvalue weighted by atomic mass is 19.1. The van der Waals surface area contributed by atoms with E-state index in [-0.39, 0.29) is 24.5 Å². The summed E-state index contributed by atoms with van der Waals surface area (Å²) in [5.74, 6) is -0.804. The first-order valence-corrected chi connectivity index (χ1v) is 7.66. The van der Waals surface area contributed by atoms with Crippen molar-refractivity contribution >= 4 is 6.09 Å². The van der Waals surface area contributed by atoms with Crippen LogP contribution in [0, 0.1) is 5.82 Å². The third-order valence-electron chi connectivity index (χ3n) is 3.56. The van der Waals surface area contributed by atoms with Crippen molar-refractivity contribution in [3.8, 4) is 5.75 Å². The molecule has 0 bridgehead atoms. The number of aliphatic hydroxyl groups is 2. The maximum absolute atomic E-state index is 14.1. The summed E-state index contributed by atoms with van der Waals surface area (Å²) in [5.41, 5.74) is 0.697. The minimum atomic E-state index is -1.52. The van der Waals surface area contributed by atoms with Gasteiger partial charge in [-0.15, -0.1) is 0 Å². The smallest absolute Gasteiger partial charge is 0.407 e. The molecule has 2 atom stereocenters. The van der Waals surface area contributed by atoms with E-state index in [0.29, 0.717) is 0 Å². The number of aliphatic hydroxyl groups excluding tert-OH is 2. The number of hydrogen-bond donors (Lipinski definition) is 3. The van der Waals surface area contributed by atoms with Gasteiger partial charge >= 0.3 is 6.09 Å². The molecule has 0 heterocycles. The zero-order valence-electron chi connectivity index (χ0n) is 13.7. The second kappa shape index (κ2) is 9.00. The Balaban J connectivity index is 1.85. The lowest BCUT2D eigenvalue weighted by Crippen LogP contribution is -2.36. The average Bonchev–Trinajstić information content (AvgIpc) is 2.65. The van der Waals surface area contributed by atoms with E-state index >= 15 is 0 Å². The zero-order valence-corrected chi connectivity index (χ0v) is 13.7. The molecule has 0 aromatic heterocycles. The van der Waals surface area contributed by atoms with Crippen LogP contribution in [0.2, 0.25) is 0 Å². The van der Waals surface area contributed by atoms with Gasteiger partial charge in [-0.05, 0) is 11.6 Å². The molecule has 0 fully saturated rings. The standard InChI is InChI=1S/C18H20FNO5/c1-24-15-9-5-8-13(16(15)19)17(22)14(21)10-20-18(23)25-11-12-6-3-2-4-7-12/h2-9,14,17,21-22H,10-11H2,1H3,(H,20,23). The van der Waals surface area contributed by atoms with Crippen LogP contribution in [0.4, 0.5) is 9.18 Å². The quantitative estimate of drug-likeness (QED) is 0.713. The molecule has 134 valence electrons. The summed E-state index contributed by atoms with van der Waals surface area (Å²) in [4.78, 5) is 11.6. The molecular formula is C18H20FNO5. The fourth-order valence-electron chi connectivity index (χ4n) is 2.19. The van der Waals surface area contributed by atoms with Crippen molar-refractivity contribution in [2.75, 3.05) is 13.7 Å². The normalized spacial score (nSPS) is 13.0. The number of hydrogen-bond acceptors (Lipinski definition) is 5. The molecule has 2 aromatic carbocycles. The Hall–Kier alpha value is -2.64. The summed E-state index contributed by atoms with van der Waals surface area (Å²) in [6, 6.07) is 13.3. The van der Waals surface area contributed by atoms with E-state index in [1.54, 1.807) is 12.1 Å². The summed E-state index contributed by atoms with van der Waals surface area (Å²) in [5, 5.41) is 22.4. The monoisotopic (exact) mass is 349 g/mol. The van der Waals surface area contributed by atoms with Gasteiger partial charge in [-0.3, -0.25) is 0 Å². The minimum absolute atomic E-state index is 0.0426. The summed E-state index contributed by atoms with van der Waals surface area (Å²) in [6.07, 6.45) is -3.68. The highest BCUT2D eigenvalue weighted by Gasteiger charge is 2.24. The summed E-state index contributed by atoms with van der Waals surface area (Å²) < 4.78 is 23.9. The molecule has 3 N–H and O–H groups in total. The van der Waals surface area contributed by atoms with Gasteiger partial charge in [0.05, 0.1) is 7.11 Å². The Labute approximate surface area is 144 Å². The van der Waals surface area contributed by atoms with Gasteiger partial charge in [-0.25, -0.2) is 9.18 Å². The van der Waals surface area contributed by atoms with Gasteiger partial charge in [0, 0.05) is 12.1 Å². The van der Waals surface area contributed by atoms with Crippen molar-refractivity contribution in [1.29, 1.82) is 0 Å². The van der Waals surface area contributed by atoms with Crippen molar-refractivity contribution in [3.63, 3.8) is 0 Å². The Morgan fingerprint density at radius 2 is 1.88 bits per heavy atom. The van der Waals surface area contributed by atoms with Crippen molar-refractivity contribution in [2.24, 2.45) is 0 Å². The summed E-state index contributed by atoms with van der Waals surface area (Å²) in [6.45, 7) is -0.221. The number of benzene rings is 2. The Morgan fingerprint density at radius 1 is 1.16 bits per heavy atom. The average molecular weight is 349 g/mol. The third kappa shape index (κ3) is 5.17. The summed E-state index contributed by atoms with van der Waals surface area (Å²) in [7, 11) is 1.30. The second-order valence-corrected chi connectivity index (χ2v) is 5.32. The van der Waals surface area contributed by atoms with Gasteiger partial charge in [0.15, 0.2) is 11.6 Å². The molecule has 0 saturated carbocycles. The van der Waals surface area contributed by atoms with Crippen molar-refractivity contribution in [1.82, 2.24) is 5.32 Å². The van der Waals surface area contributed by atoms with E-state index in [2.05, 4.69) is 5.32 Å². The lowest BCUT2D eigenvalue weighted by Gasteiger charge is -2.19. The molecule has 2 rings (SSSR count). The topological polar surface area (TPSA) is 88.0 Å². The molecular weight excluding hydrogens is 329 g/mol. The van der Waals surface area contributed by atoms with Gasteiger partial charge in [-0.2, -0.15) is 0 Å². The number of nitrogens with one attached hydrogen (secondary N) is 1. The third-order valence-corrected chi connectivity index (χ3v) is 3.56. The fourth-order valence-corrected chi connectivity index (χ4v) is 2.19. The molecule has 0 aliphatic rings. The maximum Gasteiger partial charge on any atom is 0.407 e. The molecule has 0 aliphatic heterocycles. The van der Waals surface area contributed by atoms with Crippen molar-refractivity contribution in [2.45, 2.75) is 18.8 Å². The zero-order chi connectivity index (χ0) is 18.2. The number of rotatable bonds is 7. The molecule has 0 aliphatic carbocycles. The van der Waals surface area contributed by atoms with E-state index in [1.165, 1.54) is 25.3 Å². The van der Waals surface area contributed by atoms with Crippen LogP contribution in [0.3, 0.4) is 0 Å². The SMILES string of the molecule is COc1cccc(C(O)C(O)CNC(=O)OCc2ccccc2)c1F. The van der Waals surface area contributed by atoms with Gasteiger partial charge < -0.3 is 25.0 Å². The first-order chi connectivity index (χ1) is 12.0. The van der Waals surface area contributed by atoms with Crippen LogP contribution in [0.15, 0.2) is 48.5 Å². The van der Waals surface area contributed by atoms with Gasteiger partial charge in [0.25, 0.3) is 0 Å². The number of carbonyl (C=O) groups is 1. The van der Waals surface area contributed by atoms with Crippen LogP contribution < -0.4 is 10.1 Å². The molecule has 0 radical (unpaired) electrons. The van der Waals surface area contributed by atoms with Crippen LogP contribution >= 0.6 is 0 Å². The number of methoxy groups -OCH3 is 1. The molecule has 1 amide bonds. The van der Waals surface area contributed by atoms with Crippen LogP contribution in [-0.2, 0) is 11.3 Å². The number of alkyl carbamates (subject to hydrolysis) is 1. The molecule has 7 heteroatoms. The second-order valence-electron chi connectivity index (χ2n) is 5.32. The van der Waals surface area contributed by atoms with E-state index in [4.69, 9.17) is 9.47 Å². The molecule has 2 aromatic rings. The van der Waals surface area contributed by atoms with E-state index in [9.17, 15) is 19.4 Å². The van der Waals surface area contributed by atoms with Crippen LogP contribution in [0.25, 0.3) is 0 Å². The lowest BCUT2D eigenvalue weighted by molar-refractivity contribution is 0.0162. The Bertz CT molecular complexity index is 695. The minimum Gasteiger partial charge on any atom is -0.494 e. The molecule has 0 spiro atoms. The van der Waals surface area contributed by atoms with E-state index in [1.807, 2.05) is 18.2 Å². The fraction of sp³-hybridized carbons (Fsp3) is 0.278. The Morgan fingerprint density at radius 3 is 2.56 bits per heavy atom. The number of ether oxygens (including phenoxy) is 2. The molecule has 6 nitrogen and oxygen atoms in total. The molecule has 2 unspecified atom stereocenters. The van der Waals surface area contributed by atoms with Crippen molar-refractivity contribution < 1.29 is 28.9 Å². The predicted octanol–water partition coefficient (Wildman–Crippen LogP) is 2.16. The van der Waals surface area contributed by atoms with Gasteiger partial charge in [0.1, 0.15) is 18.8 Å². The van der Waals surface area contributed by atoms with E-state index in [0.717, 1.165) is 5.56 Å². The van der Waals surface area contributed by atoms with Crippen LogP contribution in [-0.4, -0.2) is 36.1 Å². The first kappa shape index (κ1) is 18.7. The number of amides is 1. The largest absolute Gasteiger partial charge is 0.494 e. The first-order valence-electron chi connectivity index (χ1n) is 7.66. The van der Waals surface area contributed by atoms with Gasteiger partial charge in [-0.1, -0.05) is 42.5 Å². The highest BCUT2D eigenvalue weighted by molar-refractivity contribution is 5.67. The highest BCUT2D eigenvalue weighted by Crippen LogP contribution is 2.26. The van der Waals surface area contributed by atoms with Crippen LogP contribution in [0.1, 0.15) is 17.2 Å². The van der Waals surface area contributed by atoms with E-state index < -0.39 is 24.1 Å². The number of carbonyl (C=O) groups excluding carboxylic acids is 1. The molecule has 25 heavy (non-hydrogen) atoms. The van der Waals surface area contributed by atoms with Gasteiger partial charge in [0.2, 0.25) is 0 Å². The van der Waals surface area contributed by atoms with Crippen LogP contribution in [0.5, 0.6) is 5.75 Å². The Kier molecular flexibility index (Phi) is 6.73. The lowest BCUT2D eigenvalue weighted by atomic mass is 10.0. The van der Waals surface area contributed by atoms with Crippen molar-refractivity contribution in [3.05, 3.63) is 65.5 Å². The molecule has 0 saturated heterocycles. The maximum atomic E-state index is 14.1. The predicted molar refractivity (Wildman–Crippen MR) is 88.5 cm³/mol. The summed E-state index contributed by atoms with van der Waals surface area (Å²) >= 11 is 0.